The van der Waals surface area contributed by atoms with E-state index >= 15 is 0 Å². The van der Waals surface area contributed by atoms with Crippen LogP contribution in [0.4, 0.5) is 0 Å². The molecule has 3 aromatic rings. The maximum absolute atomic E-state index is 13.6. The maximum atomic E-state index is 13.6. The normalized spacial score (nSPS) is 15.6. The summed E-state index contributed by atoms with van der Waals surface area (Å²) < 4.78 is 14.2. The van der Waals surface area contributed by atoms with Crippen molar-refractivity contribution in [3.63, 3.8) is 0 Å². The summed E-state index contributed by atoms with van der Waals surface area (Å²) >= 11 is 8.02. The number of nitrogens with zero attached hydrogens (tertiary/aromatic N) is 1. The van der Waals surface area contributed by atoms with Gasteiger partial charge >= 0.3 is 11.9 Å². The first-order chi connectivity index (χ1) is 17.3. The Morgan fingerprint density at radius 3 is 2.22 bits per heavy atom. The standard InChI is InChI=1S/C26H22Br2N2O5S/c1-3-34-25(32)20-19(15-8-6-10-17(28)13-15)21(26(33)35-4-2)24-30(22(20)29)23(31)18(36-24)12-14-7-5-9-16(27)11-14/h5-13,19H,3-4,29H2,1-2H3/t19-/m1/s1. The van der Waals surface area contributed by atoms with Crippen molar-refractivity contribution in [1.29, 1.82) is 0 Å². The van der Waals surface area contributed by atoms with E-state index in [9.17, 15) is 14.4 Å². The Hall–Kier alpha value is -2.95. The highest BCUT2D eigenvalue weighted by molar-refractivity contribution is 9.10. The van der Waals surface area contributed by atoms with Gasteiger partial charge in [-0.05, 0) is 55.3 Å². The van der Waals surface area contributed by atoms with Crippen LogP contribution in [0, 0.1) is 0 Å². The molecule has 0 spiro atoms. The molecule has 2 N–H and O–H groups in total. The number of aromatic nitrogens is 1. The summed E-state index contributed by atoms with van der Waals surface area (Å²) in [6.45, 7) is 3.59. The first kappa shape index (κ1) is 26.1. The van der Waals surface area contributed by atoms with Crippen molar-refractivity contribution >= 4 is 72.6 Å². The van der Waals surface area contributed by atoms with Crippen LogP contribution in [0.15, 0.2) is 67.8 Å². The molecular formula is C26H22Br2N2O5S. The van der Waals surface area contributed by atoms with Crippen LogP contribution in [0.5, 0.6) is 0 Å². The molecule has 10 heteroatoms. The predicted molar refractivity (Wildman–Crippen MR) is 146 cm³/mol. The van der Waals surface area contributed by atoms with Gasteiger partial charge in [0.1, 0.15) is 10.5 Å². The van der Waals surface area contributed by atoms with Crippen molar-refractivity contribution in [1.82, 2.24) is 4.57 Å². The molecule has 7 nitrogen and oxygen atoms in total. The quantitative estimate of drug-likeness (QED) is 0.418. The topological polar surface area (TPSA) is 101 Å². The van der Waals surface area contributed by atoms with Gasteiger partial charge in [0.25, 0.3) is 5.56 Å². The molecule has 0 saturated carbocycles. The van der Waals surface area contributed by atoms with Crippen LogP contribution in [0.2, 0.25) is 0 Å². The minimum Gasteiger partial charge on any atom is -0.463 e. The lowest BCUT2D eigenvalue weighted by Gasteiger charge is -2.27. The van der Waals surface area contributed by atoms with Gasteiger partial charge in [-0.25, -0.2) is 9.59 Å². The van der Waals surface area contributed by atoms with E-state index in [2.05, 4.69) is 31.9 Å². The van der Waals surface area contributed by atoms with Gasteiger partial charge in [-0.1, -0.05) is 56.1 Å². The van der Waals surface area contributed by atoms with E-state index in [1.165, 1.54) is 4.57 Å². The third kappa shape index (κ3) is 4.98. The van der Waals surface area contributed by atoms with E-state index in [0.29, 0.717) is 14.8 Å². The lowest BCUT2D eigenvalue weighted by atomic mass is 9.83. The zero-order valence-corrected chi connectivity index (χ0v) is 23.4. The molecule has 0 radical (unpaired) electrons. The molecule has 186 valence electrons. The van der Waals surface area contributed by atoms with Crippen molar-refractivity contribution in [3.05, 3.63) is 93.7 Å². The minimum atomic E-state index is -0.891. The molecule has 1 atom stereocenters. The summed E-state index contributed by atoms with van der Waals surface area (Å²) in [4.78, 5) is 40.1. The first-order valence-corrected chi connectivity index (χ1v) is 13.5. The van der Waals surface area contributed by atoms with Gasteiger partial charge in [-0.15, -0.1) is 11.3 Å². The summed E-state index contributed by atoms with van der Waals surface area (Å²) in [5.41, 5.74) is 7.65. The van der Waals surface area contributed by atoms with E-state index in [-0.39, 0.29) is 30.2 Å². The molecule has 2 aromatic carbocycles. The maximum Gasteiger partial charge on any atom is 0.338 e. The monoisotopic (exact) mass is 632 g/mol. The third-order valence-corrected chi connectivity index (χ3v) is 7.56. The number of benzene rings is 2. The van der Waals surface area contributed by atoms with Crippen LogP contribution in [-0.4, -0.2) is 29.7 Å². The van der Waals surface area contributed by atoms with Crippen LogP contribution < -0.4 is 20.5 Å². The Morgan fingerprint density at radius 1 is 1.00 bits per heavy atom. The molecule has 1 aliphatic rings. The van der Waals surface area contributed by atoms with Crippen LogP contribution in [0.25, 0.3) is 17.5 Å². The van der Waals surface area contributed by atoms with E-state index in [1.54, 1.807) is 38.1 Å². The Morgan fingerprint density at radius 2 is 1.61 bits per heavy atom. The summed E-state index contributed by atoms with van der Waals surface area (Å²) in [6.07, 6.45) is 1.72. The highest BCUT2D eigenvalue weighted by atomic mass is 79.9. The van der Waals surface area contributed by atoms with Crippen LogP contribution in [0.3, 0.4) is 0 Å². The van der Waals surface area contributed by atoms with E-state index in [0.717, 1.165) is 25.8 Å². The Balaban J connectivity index is 2.12. The lowest BCUT2D eigenvalue weighted by Crippen LogP contribution is -2.42. The number of carbonyl (C=O) groups excluding carboxylic acids is 2. The second-order valence-electron chi connectivity index (χ2n) is 7.75. The SMILES string of the molecule is CCOC(=O)C1=C(N)n2c(sc(=Cc3cccc(Br)c3)c2=O)=C(C(=O)OCC)[C@@H]1c1cccc(Br)c1. The Bertz CT molecular complexity index is 1570. The fourth-order valence-corrected chi connectivity index (χ4v) is 6.03. The number of thiazole rings is 1. The highest BCUT2D eigenvalue weighted by Crippen LogP contribution is 2.38. The molecule has 36 heavy (non-hydrogen) atoms. The third-order valence-electron chi connectivity index (χ3n) is 5.47. The van der Waals surface area contributed by atoms with E-state index in [1.807, 2.05) is 30.3 Å². The van der Waals surface area contributed by atoms with Crippen LogP contribution >= 0.6 is 43.2 Å². The van der Waals surface area contributed by atoms with Gasteiger partial charge in [0.05, 0.1) is 34.8 Å². The lowest BCUT2D eigenvalue weighted by molar-refractivity contribution is -0.138. The smallest absolute Gasteiger partial charge is 0.338 e. The fourth-order valence-electron chi connectivity index (χ4n) is 4.03. The summed E-state index contributed by atoms with van der Waals surface area (Å²) in [5.74, 6) is -2.31. The minimum absolute atomic E-state index is 0.0133. The predicted octanol–water partition coefficient (Wildman–Crippen LogP) is 3.47. The fraction of sp³-hybridized carbons (Fsp3) is 0.192. The largest absolute Gasteiger partial charge is 0.463 e. The molecule has 0 fully saturated rings. The number of fused-ring (bicyclic) bond motifs is 1. The summed E-state index contributed by atoms with van der Waals surface area (Å²) in [7, 11) is 0. The number of carbonyl (C=O) groups is 2. The summed E-state index contributed by atoms with van der Waals surface area (Å²) in [6, 6.07) is 14.7. The second kappa shape index (κ2) is 11.0. The van der Waals surface area contributed by atoms with Gasteiger partial charge in [-0.2, -0.15) is 0 Å². The molecule has 4 rings (SSSR count). The molecule has 0 saturated heterocycles. The van der Waals surface area contributed by atoms with Gasteiger partial charge in [-0.3, -0.25) is 9.36 Å². The number of hydrogen-bond donors (Lipinski definition) is 1. The van der Waals surface area contributed by atoms with Gasteiger partial charge < -0.3 is 15.2 Å². The summed E-state index contributed by atoms with van der Waals surface area (Å²) in [5, 5.41) is 0. The van der Waals surface area contributed by atoms with Crippen LogP contribution in [0.1, 0.15) is 30.9 Å². The number of nitrogens with two attached hydrogens (primary N) is 1. The average Bonchev–Trinajstić information content (AvgIpc) is 3.15. The number of rotatable bonds is 6. The highest BCUT2D eigenvalue weighted by Gasteiger charge is 2.40. The Kier molecular flexibility index (Phi) is 7.97. The molecular weight excluding hydrogens is 612 g/mol. The molecule has 2 heterocycles. The number of ether oxygens (including phenoxy) is 2. The first-order valence-electron chi connectivity index (χ1n) is 11.1. The van der Waals surface area contributed by atoms with Crippen molar-refractivity contribution in [3.8, 4) is 0 Å². The molecule has 0 amide bonds. The molecule has 1 aromatic heterocycles. The second-order valence-corrected chi connectivity index (χ2v) is 10.6. The number of esters is 2. The number of hydrogen-bond acceptors (Lipinski definition) is 7. The molecule has 0 unspecified atom stereocenters. The molecule has 0 aliphatic carbocycles. The molecule has 1 aliphatic heterocycles. The van der Waals surface area contributed by atoms with E-state index in [4.69, 9.17) is 15.2 Å². The number of halogens is 2. The van der Waals surface area contributed by atoms with Crippen molar-refractivity contribution in [2.75, 3.05) is 13.2 Å². The van der Waals surface area contributed by atoms with Gasteiger partial charge in [0, 0.05) is 8.95 Å². The van der Waals surface area contributed by atoms with Crippen molar-refractivity contribution in [2.45, 2.75) is 19.8 Å². The van der Waals surface area contributed by atoms with Gasteiger partial charge in [0.2, 0.25) is 0 Å². The van der Waals surface area contributed by atoms with Crippen LogP contribution in [-0.2, 0) is 19.1 Å². The zero-order valence-electron chi connectivity index (χ0n) is 19.4. The Labute approximate surface area is 227 Å². The zero-order chi connectivity index (χ0) is 26.0. The van der Waals surface area contributed by atoms with Crippen molar-refractivity contribution < 1.29 is 19.1 Å². The molecule has 0 bridgehead atoms. The van der Waals surface area contributed by atoms with E-state index < -0.39 is 23.4 Å². The van der Waals surface area contributed by atoms with Crippen molar-refractivity contribution in [2.24, 2.45) is 5.73 Å². The van der Waals surface area contributed by atoms with Gasteiger partial charge in [0.15, 0.2) is 0 Å². The average molecular weight is 634 g/mol.